The quantitative estimate of drug-likeness (QED) is 0.342. The van der Waals surface area contributed by atoms with Crippen LogP contribution in [0.1, 0.15) is 41.0 Å². The fraction of sp³-hybridized carbons (Fsp3) is 0.192. The molecule has 0 saturated carbocycles. The Balaban J connectivity index is 1.33. The lowest BCUT2D eigenvalue weighted by Gasteiger charge is -2.09. The van der Waals surface area contributed by atoms with Crippen molar-refractivity contribution in [1.29, 1.82) is 0 Å². The number of hydrazone groups is 1. The van der Waals surface area contributed by atoms with E-state index in [2.05, 4.69) is 51.1 Å². The number of nitrogens with one attached hydrogen (secondary N) is 2. The fourth-order valence-electron chi connectivity index (χ4n) is 4.29. The molecular weight excluding hydrogens is 400 g/mol. The summed E-state index contributed by atoms with van der Waals surface area (Å²) in [6, 6.07) is 20.0. The summed E-state index contributed by atoms with van der Waals surface area (Å²) in [4.78, 5) is 12.6. The zero-order valence-electron chi connectivity index (χ0n) is 18.1. The van der Waals surface area contributed by atoms with Crippen molar-refractivity contribution in [3.63, 3.8) is 0 Å². The third-order valence-corrected chi connectivity index (χ3v) is 5.88. The van der Waals surface area contributed by atoms with Crippen LogP contribution in [0, 0.1) is 0 Å². The van der Waals surface area contributed by atoms with Gasteiger partial charge in [-0.3, -0.25) is 9.89 Å². The molecule has 0 unspecified atom stereocenters. The number of nitrogens with zero attached hydrogens (tertiary/aromatic N) is 2. The smallest absolute Gasteiger partial charge is 0.289 e. The molecule has 1 aliphatic rings. The number of carbonyl (C=O) groups is 1. The average molecular weight is 425 g/mol. The van der Waals surface area contributed by atoms with E-state index in [0.29, 0.717) is 18.0 Å². The molecule has 0 bridgehead atoms. The topological polar surface area (TPSA) is 79.4 Å². The molecule has 1 aliphatic carbocycles. The molecule has 1 amide bonds. The van der Waals surface area contributed by atoms with Crippen molar-refractivity contribution in [2.75, 3.05) is 6.61 Å². The van der Waals surface area contributed by atoms with Crippen LogP contribution in [-0.4, -0.2) is 28.4 Å². The van der Waals surface area contributed by atoms with E-state index in [1.54, 1.807) is 6.07 Å². The van der Waals surface area contributed by atoms with Gasteiger partial charge in [0.15, 0.2) is 0 Å². The van der Waals surface area contributed by atoms with Crippen molar-refractivity contribution in [3.05, 3.63) is 83.0 Å². The predicted molar refractivity (Wildman–Crippen MR) is 126 cm³/mol. The molecule has 5 rings (SSSR count). The van der Waals surface area contributed by atoms with Gasteiger partial charge in [-0.25, -0.2) is 5.43 Å². The van der Waals surface area contributed by atoms with Gasteiger partial charge in [0.25, 0.3) is 5.91 Å². The summed E-state index contributed by atoms with van der Waals surface area (Å²) < 4.78 is 5.47. The molecule has 3 aromatic carbocycles. The van der Waals surface area contributed by atoms with E-state index in [9.17, 15) is 4.79 Å². The SMILES string of the molecule is CCOc1ccc(-c2cc(C(=O)NN=C(C)c3ccc4c5c(cccc35)CC4)[nH]n2)cc1. The molecule has 0 saturated heterocycles. The third-order valence-electron chi connectivity index (χ3n) is 5.88. The number of H-pyrrole nitrogens is 1. The predicted octanol–water partition coefficient (Wildman–Crippen LogP) is 4.88. The summed E-state index contributed by atoms with van der Waals surface area (Å²) >= 11 is 0. The van der Waals surface area contributed by atoms with Crippen molar-refractivity contribution in [2.24, 2.45) is 5.10 Å². The number of aromatic nitrogens is 2. The molecule has 6 nitrogen and oxygen atoms in total. The first-order valence-corrected chi connectivity index (χ1v) is 10.8. The minimum Gasteiger partial charge on any atom is -0.494 e. The number of carbonyl (C=O) groups excluding carboxylic acids is 1. The first-order valence-electron chi connectivity index (χ1n) is 10.8. The Labute approximate surface area is 186 Å². The summed E-state index contributed by atoms with van der Waals surface area (Å²) in [5.41, 5.74) is 9.16. The summed E-state index contributed by atoms with van der Waals surface area (Å²) in [6.45, 7) is 4.48. The molecule has 2 N–H and O–H groups in total. The van der Waals surface area contributed by atoms with E-state index in [4.69, 9.17) is 4.74 Å². The first kappa shape index (κ1) is 20.0. The highest BCUT2D eigenvalue weighted by atomic mass is 16.5. The van der Waals surface area contributed by atoms with Crippen LogP contribution in [0.4, 0.5) is 0 Å². The molecule has 0 radical (unpaired) electrons. The Morgan fingerprint density at radius 3 is 2.66 bits per heavy atom. The van der Waals surface area contributed by atoms with Gasteiger partial charge in [0.05, 0.1) is 18.0 Å². The normalized spacial score (nSPS) is 12.9. The van der Waals surface area contributed by atoms with E-state index in [1.807, 2.05) is 38.1 Å². The lowest BCUT2D eigenvalue weighted by Crippen LogP contribution is -2.19. The second kappa shape index (κ2) is 8.30. The number of aromatic amines is 1. The van der Waals surface area contributed by atoms with Crippen molar-refractivity contribution in [1.82, 2.24) is 15.6 Å². The van der Waals surface area contributed by atoms with Crippen LogP contribution in [0.25, 0.3) is 22.0 Å². The highest BCUT2D eigenvalue weighted by Crippen LogP contribution is 2.33. The van der Waals surface area contributed by atoms with Gasteiger partial charge < -0.3 is 4.74 Å². The van der Waals surface area contributed by atoms with E-state index in [0.717, 1.165) is 35.4 Å². The van der Waals surface area contributed by atoms with Crippen LogP contribution >= 0.6 is 0 Å². The highest BCUT2D eigenvalue weighted by molar-refractivity contribution is 6.11. The zero-order chi connectivity index (χ0) is 22.1. The van der Waals surface area contributed by atoms with Crippen LogP contribution in [-0.2, 0) is 12.8 Å². The van der Waals surface area contributed by atoms with Gasteiger partial charge in [0.1, 0.15) is 11.4 Å². The first-order chi connectivity index (χ1) is 15.6. The summed E-state index contributed by atoms with van der Waals surface area (Å²) in [6.07, 6.45) is 2.17. The number of hydrogen-bond acceptors (Lipinski definition) is 4. The van der Waals surface area contributed by atoms with Crippen LogP contribution in [0.15, 0.2) is 65.8 Å². The zero-order valence-corrected chi connectivity index (χ0v) is 18.1. The maximum Gasteiger partial charge on any atom is 0.289 e. The summed E-state index contributed by atoms with van der Waals surface area (Å²) in [7, 11) is 0. The Morgan fingerprint density at radius 2 is 1.88 bits per heavy atom. The number of rotatable bonds is 6. The van der Waals surface area contributed by atoms with Gasteiger partial charge in [0.2, 0.25) is 0 Å². The van der Waals surface area contributed by atoms with Crippen molar-refractivity contribution < 1.29 is 9.53 Å². The van der Waals surface area contributed by atoms with Gasteiger partial charge in [-0.2, -0.15) is 10.2 Å². The molecule has 4 aromatic rings. The molecule has 1 aromatic heterocycles. The lowest BCUT2D eigenvalue weighted by atomic mass is 9.98. The molecule has 0 spiro atoms. The van der Waals surface area contributed by atoms with E-state index in [1.165, 1.54) is 21.9 Å². The average Bonchev–Trinajstić information content (AvgIpc) is 3.47. The Kier molecular flexibility index (Phi) is 5.19. The largest absolute Gasteiger partial charge is 0.494 e. The third kappa shape index (κ3) is 3.64. The maximum absolute atomic E-state index is 12.6. The molecular formula is C26H24N4O2. The second-order valence-electron chi connectivity index (χ2n) is 7.87. The van der Waals surface area contributed by atoms with Crippen LogP contribution < -0.4 is 10.2 Å². The number of amides is 1. The van der Waals surface area contributed by atoms with Crippen molar-refractivity contribution in [2.45, 2.75) is 26.7 Å². The Morgan fingerprint density at radius 1 is 1.09 bits per heavy atom. The summed E-state index contributed by atoms with van der Waals surface area (Å²) in [5, 5.41) is 13.9. The summed E-state index contributed by atoms with van der Waals surface area (Å²) in [5.74, 6) is 0.470. The second-order valence-corrected chi connectivity index (χ2v) is 7.87. The highest BCUT2D eigenvalue weighted by Gasteiger charge is 2.17. The fourth-order valence-corrected chi connectivity index (χ4v) is 4.29. The van der Waals surface area contributed by atoms with E-state index in [-0.39, 0.29) is 5.91 Å². The van der Waals surface area contributed by atoms with Crippen molar-refractivity contribution in [3.8, 4) is 17.0 Å². The van der Waals surface area contributed by atoms with Crippen LogP contribution in [0.5, 0.6) is 5.75 Å². The maximum atomic E-state index is 12.6. The molecule has 0 aliphatic heterocycles. The monoisotopic (exact) mass is 424 g/mol. The molecule has 1 heterocycles. The minimum atomic E-state index is -0.333. The lowest BCUT2D eigenvalue weighted by molar-refractivity contribution is 0.0950. The van der Waals surface area contributed by atoms with Gasteiger partial charge in [0, 0.05) is 11.1 Å². The van der Waals surface area contributed by atoms with Gasteiger partial charge in [-0.1, -0.05) is 30.3 Å². The van der Waals surface area contributed by atoms with Gasteiger partial charge in [-0.15, -0.1) is 0 Å². The van der Waals surface area contributed by atoms with Gasteiger partial charge in [-0.05, 0) is 78.9 Å². The van der Waals surface area contributed by atoms with Gasteiger partial charge >= 0.3 is 0 Å². The Hall–Kier alpha value is -3.93. The molecule has 0 fully saturated rings. The van der Waals surface area contributed by atoms with E-state index < -0.39 is 0 Å². The van der Waals surface area contributed by atoms with Crippen LogP contribution in [0.2, 0.25) is 0 Å². The number of benzene rings is 3. The number of ether oxygens (including phenoxy) is 1. The van der Waals surface area contributed by atoms with E-state index >= 15 is 0 Å². The number of hydrogen-bond donors (Lipinski definition) is 2. The molecule has 32 heavy (non-hydrogen) atoms. The minimum absolute atomic E-state index is 0.333. The molecule has 160 valence electrons. The van der Waals surface area contributed by atoms with Crippen molar-refractivity contribution >= 4 is 22.4 Å². The molecule has 0 atom stereocenters. The van der Waals surface area contributed by atoms with Crippen LogP contribution in [0.3, 0.4) is 0 Å². The standard InChI is InChI=1S/C26H24N4O2/c1-3-32-20-12-9-17(10-13-20)23-15-24(29-28-23)26(31)30-27-16(2)21-14-11-19-8-7-18-5-4-6-22(21)25(18)19/h4-6,9-15H,3,7-8H2,1-2H3,(H,28,29)(H,30,31). The number of aryl methyl sites for hydroxylation is 2. The molecule has 6 heteroatoms. The Bertz CT molecular complexity index is 1330.